The lowest BCUT2D eigenvalue weighted by molar-refractivity contribution is -0.121. The fourth-order valence-electron chi connectivity index (χ4n) is 4.48. The molecule has 0 saturated heterocycles. The van der Waals surface area contributed by atoms with Crippen LogP contribution in [0.4, 0.5) is 0 Å². The largest absolute Gasteiger partial charge is 0.356 e. The molecular weight excluding hydrogens is 492 g/mol. The van der Waals surface area contributed by atoms with Crippen LogP contribution in [-0.4, -0.2) is 37.9 Å². The van der Waals surface area contributed by atoms with E-state index in [1.807, 2.05) is 50.5 Å². The number of carbonyl (C=O) groups excluding carboxylic acids is 1. The number of pyridine rings is 1. The number of nitrogens with zero attached hydrogens (tertiary/aromatic N) is 5. The molecule has 0 aliphatic carbocycles. The Kier molecular flexibility index (Phi) is 6.73. The Balaban J connectivity index is 1.48. The van der Waals surface area contributed by atoms with E-state index in [1.54, 1.807) is 11.3 Å². The molecule has 1 amide bonds. The number of benzene rings is 1. The van der Waals surface area contributed by atoms with Crippen LogP contribution in [0.25, 0.3) is 5.00 Å². The van der Waals surface area contributed by atoms with E-state index in [1.165, 1.54) is 10.4 Å². The number of hydrogen-bond acceptors (Lipinski definition) is 6. The molecule has 1 aliphatic rings. The summed E-state index contributed by atoms with van der Waals surface area (Å²) in [6, 6.07) is 9.29. The molecule has 4 heterocycles. The van der Waals surface area contributed by atoms with Gasteiger partial charge in [-0.2, -0.15) is 0 Å². The fraction of sp³-hybridized carbons (Fsp3) is 0.296. The molecule has 184 valence electrons. The number of nitrogens with one attached hydrogen (secondary N) is 1. The lowest BCUT2D eigenvalue weighted by Crippen LogP contribution is -2.27. The monoisotopic (exact) mass is 518 g/mol. The molecule has 0 spiro atoms. The number of hydrogen-bond donors (Lipinski definition) is 1. The van der Waals surface area contributed by atoms with Crippen molar-refractivity contribution in [3.63, 3.8) is 0 Å². The third-order valence-corrected chi connectivity index (χ3v) is 7.85. The Labute approximate surface area is 219 Å². The SMILES string of the molecule is Cc1cncc(CCNC(=O)C[C@@H]2N=C(c3ccc(Cl)cc3)c3c(sc(C)c3C)-n3c(C)nnc32)c1. The molecule has 4 aromatic rings. The van der Waals surface area contributed by atoms with E-state index in [2.05, 4.69) is 45.0 Å². The first-order chi connectivity index (χ1) is 17.3. The predicted octanol–water partition coefficient (Wildman–Crippen LogP) is 5.25. The summed E-state index contributed by atoms with van der Waals surface area (Å²) in [4.78, 5) is 23.6. The second-order valence-corrected chi connectivity index (χ2v) is 10.7. The molecule has 1 N–H and O–H groups in total. The molecule has 7 nitrogen and oxygen atoms in total. The van der Waals surface area contributed by atoms with Crippen LogP contribution in [0.5, 0.6) is 0 Å². The summed E-state index contributed by atoms with van der Waals surface area (Å²) in [5, 5.41) is 13.6. The van der Waals surface area contributed by atoms with Crippen molar-refractivity contribution in [3.05, 3.63) is 92.1 Å². The van der Waals surface area contributed by atoms with Crippen molar-refractivity contribution >= 4 is 34.6 Å². The highest BCUT2D eigenvalue weighted by molar-refractivity contribution is 7.15. The molecule has 1 aliphatic heterocycles. The lowest BCUT2D eigenvalue weighted by Gasteiger charge is -2.13. The highest BCUT2D eigenvalue weighted by Crippen LogP contribution is 2.39. The molecule has 9 heteroatoms. The van der Waals surface area contributed by atoms with E-state index in [-0.39, 0.29) is 12.3 Å². The number of aliphatic imine (C=N–C) groups is 1. The Morgan fingerprint density at radius 3 is 2.64 bits per heavy atom. The second-order valence-electron chi connectivity index (χ2n) is 9.08. The van der Waals surface area contributed by atoms with E-state index in [0.717, 1.165) is 45.2 Å². The Bertz CT molecular complexity index is 1470. The minimum Gasteiger partial charge on any atom is -0.356 e. The van der Waals surface area contributed by atoms with Crippen LogP contribution in [-0.2, 0) is 11.2 Å². The molecule has 0 bridgehead atoms. The molecule has 3 aromatic heterocycles. The van der Waals surface area contributed by atoms with E-state index < -0.39 is 6.04 Å². The third-order valence-electron chi connectivity index (χ3n) is 6.40. The smallest absolute Gasteiger partial charge is 0.222 e. The van der Waals surface area contributed by atoms with Crippen molar-refractivity contribution < 1.29 is 4.79 Å². The van der Waals surface area contributed by atoms with Gasteiger partial charge in [-0.05, 0) is 62.9 Å². The normalized spacial score (nSPS) is 14.6. The zero-order valence-corrected chi connectivity index (χ0v) is 22.2. The summed E-state index contributed by atoms with van der Waals surface area (Å²) in [6.45, 7) is 8.70. The maximum atomic E-state index is 13.0. The highest BCUT2D eigenvalue weighted by Gasteiger charge is 2.32. The van der Waals surface area contributed by atoms with Gasteiger partial charge in [-0.25, -0.2) is 0 Å². The van der Waals surface area contributed by atoms with E-state index in [4.69, 9.17) is 16.6 Å². The standard InChI is InChI=1S/C27H27ClN6OS/c1-15-11-19(14-29-13-15)9-10-30-23(35)12-22-26-33-32-18(4)34(26)27-24(16(2)17(3)36-27)25(31-22)20-5-7-21(28)8-6-20/h5-8,11,13-14,22H,9-10,12H2,1-4H3,(H,30,35)/t22-/m0/s1. The van der Waals surface area contributed by atoms with Gasteiger partial charge in [-0.3, -0.25) is 19.3 Å². The van der Waals surface area contributed by atoms with Crippen LogP contribution in [0.1, 0.15) is 56.8 Å². The lowest BCUT2D eigenvalue weighted by atomic mass is 9.99. The molecule has 5 rings (SSSR count). The van der Waals surface area contributed by atoms with Gasteiger partial charge in [-0.15, -0.1) is 21.5 Å². The van der Waals surface area contributed by atoms with Crippen molar-refractivity contribution in [2.45, 2.75) is 46.6 Å². The Morgan fingerprint density at radius 2 is 1.89 bits per heavy atom. The van der Waals surface area contributed by atoms with E-state index in [0.29, 0.717) is 17.4 Å². The first-order valence-electron chi connectivity index (χ1n) is 11.9. The van der Waals surface area contributed by atoms with Crippen molar-refractivity contribution in [3.8, 4) is 5.00 Å². The number of carbonyl (C=O) groups is 1. The van der Waals surface area contributed by atoms with Crippen LogP contribution in [0.2, 0.25) is 5.02 Å². The number of aryl methyl sites for hydroxylation is 3. The van der Waals surface area contributed by atoms with Crippen LogP contribution in [0.3, 0.4) is 0 Å². The second kappa shape index (κ2) is 9.95. The summed E-state index contributed by atoms with van der Waals surface area (Å²) >= 11 is 7.87. The predicted molar refractivity (Wildman–Crippen MR) is 144 cm³/mol. The summed E-state index contributed by atoms with van der Waals surface area (Å²) in [6.07, 6.45) is 4.55. The van der Waals surface area contributed by atoms with Gasteiger partial charge in [0, 0.05) is 40.0 Å². The van der Waals surface area contributed by atoms with Gasteiger partial charge in [0.25, 0.3) is 0 Å². The molecule has 0 fully saturated rings. The summed E-state index contributed by atoms with van der Waals surface area (Å²) < 4.78 is 2.06. The van der Waals surface area contributed by atoms with Crippen molar-refractivity contribution in [2.24, 2.45) is 4.99 Å². The fourth-order valence-corrected chi connectivity index (χ4v) is 5.82. The van der Waals surface area contributed by atoms with Gasteiger partial charge >= 0.3 is 0 Å². The van der Waals surface area contributed by atoms with Gasteiger partial charge in [0.1, 0.15) is 16.9 Å². The number of rotatable bonds is 6. The van der Waals surface area contributed by atoms with Crippen LogP contribution in [0, 0.1) is 27.7 Å². The average Bonchev–Trinajstić information content (AvgIpc) is 3.32. The molecule has 0 unspecified atom stereocenters. The molecule has 0 saturated carbocycles. The topological polar surface area (TPSA) is 85.1 Å². The summed E-state index contributed by atoms with van der Waals surface area (Å²) in [5.74, 6) is 1.37. The van der Waals surface area contributed by atoms with Crippen molar-refractivity contribution in [1.29, 1.82) is 0 Å². The molecule has 1 atom stereocenters. The van der Waals surface area contributed by atoms with E-state index in [9.17, 15) is 4.79 Å². The first-order valence-corrected chi connectivity index (χ1v) is 13.0. The van der Waals surface area contributed by atoms with Gasteiger partial charge in [0.05, 0.1) is 12.1 Å². The highest BCUT2D eigenvalue weighted by atomic mass is 35.5. The van der Waals surface area contributed by atoms with E-state index >= 15 is 0 Å². The summed E-state index contributed by atoms with van der Waals surface area (Å²) in [5.41, 5.74) is 6.22. The zero-order chi connectivity index (χ0) is 25.4. The first kappa shape index (κ1) is 24.3. The summed E-state index contributed by atoms with van der Waals surface area (Å²) in [7, 11) is 0. The zero-order valence-electron chi connectivity index (χ0n) is 20.7. The number of fused-ring (bicyclic) bond motifs is 3. The molecule has 0 radical (unpaired) electrons. The van der Waals surface area contributed by atoms with Gasteiger partial charge in [0.2, 0.25) is 5.91 Å². The Morgan fingerprint density at radius 1 is 1.11 bits per heavy atom. The Hall–Kier alpha value is -3.36. The van der Waals surface area contributed by atoms with Crippen LogP contribution in [0.15, 0.2) is 47.7 Å². The quantitative estimate of drug-likeness (QED) is 0.377. The minimum atomic E-state index is -0.475. The van der Waals surface area contributed by atoms with Gasteiger partial charge in [-0.1, -0.05) is 29.8 Å². The van der Waals surface area contributed by atoms with Crippen LogP contribution < -0.4 is 5.32 Å². The third kappa shape index (κ3) is 4.70. The van der Waals surface area contributed by atoms with Crippen molar-refractivity contribution in [1.82, 2.24) is 25.1 Å². The van der Waals surface area contributed by atoms with Gasteiger partial charge in [0.15, 0.2) is 5.82 Å². The maximum absolute atomic E-state index is 13.0. The van der Waals surface area contributed by atoms with Gasteiger partial charge < -0.3 is 5.32 Å². The minimum absolute atomic E-state index is 0.0785. The number of amides is 1. The maximum Gasteiger partial charge on any atom is 0.222 e. The number of halogens is 1. The average molecular weight is 519 g/mol. The van der Waals surface area contributed by atoms with Crippen LogP contribution >= 0.6 is 22.9 Å². The van der Waals surface area contributed by atoms with Crippen molar-refractivity contribution in [2.75, 3.05) is 6.54 Å². The molecule has 36 heavy (non-hydrogen) atoms. The number of aromatic nitrogens is 4. The molecule has 1 aromatic carbocycles. The number of thiophene rings is 1. The molecular formula is C27H27ClN6OS.